The molecule has 0 saturated heterocycles. The van der Waals surface area contributed by atoms with Crippen molar-refractivity contribution in [1.82, 2.24) is 29.1 Å². The van der Waals surface area contributed by atoms with Crippen molar-refractivity contribution in [2.24, 2.45) is 0 Å². The molecule has 0 spiro atoms. The Balaban J connectivity index is 0.888. The number of rotatable bonds is 7. The zero-order chi connectivity index (χ0) is 44.7. The second-order valence-electron chi connectivity index (χ2n) is 17.1. The number of fused-ring (bicyclic) bond motifs is 8. The van der Waals surface area contributed by atoms with E-state index in [2.05, 4.69) is 211 Å². The summed E-state index contributed by atoms with van der Waals surface area (Å²) in [5, 5.41) is 4.74. The van der Waals surface area contributed by atoms with Crippen LogP contribution >= 0.6 is 0 Å². The van der Waals surface area contributed by atoms with Crippen LogP contribution in [0.5, 0.6) is 0 Å². The van der Waals surface area contributed by atoms with Crippen LogP contribution in [-0.2, 0) is 0 Å². The first-order valence-corrected chi connectivity index (χ1v) is 22.6. The van der Waals surface area contributed by atoms with Crippen LogP contribution in [0.4, 0.5) is 0 Å². The first kappa shape index (κ1) is 37.9. The molecule has 14 aromatic rings. The van der Waals surface area contributed by atoms with Gasteiger partial charge >= 0.3 is 0 Å². The molecule has 68 heavy (non-hydrogen) atoms. The Morgan fingerprint density at radius 2 is 0.618 bits per heavy atom. The molecule has 0 N–H and O–H groups in total. The highest BCUT2D eigenvalue weighted by atomic mass is 16.4. The summed E-state index contributed by atoms with van der Waals surface area (Å²) in [6.45, 7) is 0. The fourth-order valence-corrected chi connectivity index (χ4v) is 9.87. The molecule has 0 amide bonds. The summed E-state index contributed by atoms with van der Waals surface area (Å²) in [5.41, 5.74) is 18.0. The predicted octanol–water partition coefficient (Wildman–Crippen LogP) is 15.3. The number of nitrogens with zero attached hydrogens (tertiary/aromatic N) is 6. The van der Waals surface area contributed by atoms with Crippen molar-refractivity contribution in [1.29, 1.82) is 0 Å². The Kier molecular flexibility index (Phi) is 8.41. The maximum atomic E-state index is 5.98. The number of benzene rings is 8. The molecule has 6 heterocycles. The van der Waals surface area contributed by atoms with Crippen LogP contribution < -0.4 is 0 Å². The highest BCUT2D eigenvalue weighted by Gasteiger charge is 2.19. The molecule has 0 fully saturated rings. The molecule has 6 aromatic heterocycles. The van der Waals surface area contributed by atoms with Crippen LogP contribution in [0.2, 0.25) is 0 Å². The van der Waals surface area contributed by atoms with E-state index in [0.717, 1.165) is 89.0 Å². The lowest BCUT2D eigenvalue weighted by Gasteiger charge is -2.09. The van der Waals surface area contributed by atoms with E-state index in [1.165, 1.54) is 21.5 Å². The van der Waals surface area contributed by atoms with E-state index in [0.29, 0.717) is 23.2 Å². The average Bonchev–Trinajstić information content (AvgIpc) is 4.20. The molecule has 0 saturated carbocycles. The van der Waals surface area contributed by atoms with Gasteiger partial charge in [-0.3, -0.25) is 0 Å². The van der Waals surface area contributed by atoms with Crippen molar-refractivity contribution in [2.45, 2.75) is 0 Å². The molecule has 318 valence electrons. The standard InChI is InChI=1S/C60H36N6O2/c1-3-9-45(10-4-1)65-53-27-23-41(37-15-19-39(20-16-37)57-63-51-13-7-31-61-59(51)67-57)33-47(53)49-35-43(25-29-55(49)65)44-26-30-56-50(36-44)48-34-42(24-28-54(48)66(56)46-11-5-2-6-12-46)38-17-21-40(22-18-38)58-64-52-14-8-32-62-60(52)68-58/h1-36H. The molecule has 8 aromatic carbocycles. The first-order chi connectivity index (χ1) is 33.7. The minimum absolute atomic E-state index is 0.536. The van der Waals surface area contributed by atoms with Gasteiger partial charge in [-0.25, -0.2) is 19.9 Å². The van der Waals surface area contributed by atoms with Gasteiger partial charge in [-0.15, -0.1) is 0 Å². The largest absolute Gasteiger partial charge is 0.418 e. The van der Waals surface area contributed by atoms with E-state index in [1.807, 2.05) is 24.3 Å². The van der Waals surface area contributed by atoms with E-state index in [1.54, 1.807) is 12.4 Å². The smallest absolute Gasteiger partial charge is 0.247 e. The summed E-state index contributed by atoms with van der Waals surface area (Å²) in [6.07, 6.45) is 3.44. The highest BCUT2D eigenvalue weighted by molar-refractivity contribution is 6.14. The minimum Gasteiger partial charge on any atom is -0.418 e. The maximum absolute atomic E-state index is 5.98. The normalized spacial score (nSPS) is 11.8. The number of aromatic nitrogens is 6. The Labute approximate surface area is 388 Å². The fourth-order valence-electron chi connectivity index (χ4n) is 9.87. The van der Waals surface area contributed by atoms with Crippen LogP contribution in [0.1, 0.15) is 0 Å². The van der Waals surface area contributed by atoms with Crippen molar-refractivity contribution in [3.8, 4) is 67.7 Å². The monoisotopic (exact) mass is 872 g/mol. The van der Waals surface area contributed by atoms with Crippen LogP contribution in [0, 0.1) is 0 Å². The Bertz CT molecular complexity index is 3900. The lowest BCUT2D eigenvalue weighted by atomic mass is 9.98. The average molecular weight is 873 g/mol. The molecule has 14 rings (SSSR count). The van der Waals surface area contributed by atoms with Gasteiger partial charge in [0.15, 0.2) is 0 Å². The van der Waals surface area contributed by atoms with Gasteiger partial charge in [0.05, 0.1) is 22.1 Å². The number of pyridine rings is 2. The Hall–Kier alpha value is -9.40. The lowest BCUT2D eigenvalue weighted by Crippen LogP contribution is -1.93. The van der Waals surface area contributed by atoms with Gasteiger partial charge in [0.2, 0.25) is 23.2 Å². The second kappa shape index (κ2) is 15.1. The van der Waals surface area contributed by atoms with Crippen LogP contribution in [-0.4, -0.2) is 29.1 Å². The van der Waals surface area contributed by atoms with Gasteiger partial charge in [-0.1, -0.05) is 84.9 Å². The van der Waals surface area contributed by atoms with Crippen molar-refractivity contribution >= 4 is 66.1 Å². The first-order valence-electron chi connectivity index (χ1n) is 22.6. The topological polar surface area (TPSA) is 87.7 Å². The SMILES string of the molecule is c1ccc(-n2c3ccc(-c4ccc(-c5nc6cccnc6o5)cc4)cc3c3cc(-c4ccc5c(c4)c4cc(-c6ccc(-c7nc8cccnc8o7)cc6)ccc4n5-c4ccccc4)ccc32)cc1. The third-order valence-electron chi connectivity index (χ3n) is 13.2. The number of para-hydroxylation sites is 2. The van der Waals surface area contributed by atoms with Crippen molar-refractivity contribution in [3.63, 3.8) is 0 Å². The third-order valence-corrected chi connectivity index (χ3v) is 13.2. The van der Waals surface area contributed by atoms with E-state index in [9.17, 15) is 0 Å². The molecule has 8 nitrogen and oxygen atoms in total. The van der Waals surface area contributed by atoms with Gasteiger partial charge in [-0.2, -0.15) is 0 Å². The quantitative estimate of drug-likeness (QED) is 0.158. The van der Waals surface area contributed by atoms with E-state index in [-0.39, 0.29) is 0 Å². The second-order valence-corrected chi connectivity index (χ2v) is 17.1. The molecular formula is C60H36N6O2. The molecule has 0 radical (unpaired) electrons. The number of hydrogen-bond donors (Lipinski definition) is 0. The van der Waals surface area contributed by atoms with Gasteiger partial charge in [0.25, 0.3) is 0 Å². The Morgan fingerprint density at radius 3 is 0.971 bits per heavy atom. The van der Waals surface area contributed by atoms with Gasteiger partial charge in [0.1, 0.15) is 11.0 Å². The van der Waals surface area contributed by atoms with E-state index in [4.69, 9.17) is 8.83 Å². The summed E-state index contributed by atoms with van der Waals surface area (Å²) in [5.74, 6) is 1.12. The van der Waals surface area contributed by atoms with Crippen LogP contribution in [0.15, 0.2) is 227 Å². The summed E-state index contributed by atoms with van der Waals surface area (Å²) in [6, 6.07) is 73.0. The third kappa shape index (κ3) is 6.16. The van der Waals surface area contributed by atoms with Crippen LogP contribution in [0.25, 0.3) is 134 Å². The number of oxazole rings is 2. The van der Waals surface area contributed by atoms with Crippen LogP contribution in [0.3, 0.4) is 0 Å². The zero-order valence-electron chi connectivity index (χ0n) is 36.3. The molecule has 0 bridgehead atoms. The maximum Gasteiger partial charge on any atom is 0.247 e. The molecule has 8 heteroatoms. The summed E-state index contributed by atoms with van der Waals surface area (Å²) in [7, 11) is 0. The molecule has 0 aliphatic rings. The van der Waals surface area contributed by atoms with E-state index < -0.39 is 0 Å². The van der Waals surface area contributed by atoms with Gasteiger partial charge in [-0.05, 0) is 155 Å². The van der Waals surface area contributed by atoms with Gasteiger partial charge in [0, 0.05) is 56.4 Å². The van der Waals surface area contributed by atoms with Crippen molar-refractivity contribution in [3.05, 3.63) is 219 Å². The summed E-state index contributed by atoms with van der Waals surface area (Å²) >= 11 is 0. The molecule has 0 atom stereocenters. The fraction of sp³-hybridized carbons (Fsp3) is 0. The van der Waals surface area contributed by atoms with Crippen molar-refractivity contribution < 1.29 is 8.83 Å². The minimum atomic E-state index is 0.536. The van der Waals surface area contributed by atoms with Gasteiger partial charge < -0.3 is 18.0 Å². The van der Waals surface area contributed by atoms with Crippen molar-refractivity contribution in [2.75, 3.05) is 0 Å². The summed E-state index contributed by atoms with van der Waals surface area (Å²) in [4.78, 5) is 18.0. The summed E-state index contributed by atoms with van der Waals surface area (Å²) < 4.78 is 16.7. The lowest BCUT2D eigenvalue weighted by molar-refractivity contribution is 0.607. The zero-order valence-corrected chi connectivity index (χ0v) is 36.3. The predicted molar refractivity (Wildman–Crippen MR) is 273 cm³/mol. The molecule has 0 aliphatic heterocycles. The molecule has 0 unspecified atom stereocenters. The molecular weight excluding hydrogens is 837 g/mol. The Morgan fingerprint density at radius 1 is 0.294 bits per heavy atom. The number of hydrogen-bond acceptors (Lipinski definition) is 6. The highest BCUT2D eigenvalue weighted by Crippen LogP contribution is 2.41. The van der Waals surface area contributed by atoms with E-state index >= 15 is 0 Å². The molecule has 0 aliphatic carbocycles.